The van der Waals surface area contributed by atoms with E-state index in [4.69, 9.17) is 14.2 Å². The Bertz CT molecular complexity index is 1490. The molecule has 0 radical (unpaired) electrons. The summed E-state index contributed by atoms with van der Waals surface area (Å²) in [5, 5.41) is 11.6. The molecule has 3 aromatic carbocycles. The van der Waals surface area contributed by atoms with E-state index in [1.54, 1.807) is 11.8 Å². The number of ether oxygens (including phenoxy) is 3. The summed E-state index contributed by atoms with van der Waals surface area (Å²) in [7, 11) is 1.59. The minimum Gasteiger partial charge on any atom is -0.494 e. The first kappa shape index (κ1) is 29.6. The number of methoxy groups -OCH3 is 1. The van der Waals surface area contributed by atoms with E-state index in [9.17, 15) is 4.79 Å². The summed E-state index contributed by atoms with van der Waals surface area (Å²) < 4.78 is 19.4. The summed E-state index contributed by atoms with van der Waals surface area (Å²) in [6.07, 6.45) is 1.95. The third-order valence-corrected chi connectivity index (χ3v) is 6.90. The lowest BCUT2D eigenvalue weighted by Gasteiger charge is -2.21. The molecule has 41 heavy (non-hydrogen) atoms. The van der Waals surface area contributed by atoms with Crippen LogP contribution in [0.5, 0.6) is 17.2 Å². The average Bonchev–Trinajstić information content (AvgIpc) is 3.34. The van der Waals surface area contributed by atoms with Gasteiger partial charge in [0.15, 0.2) is 5.69 Å². The number of hydrogen-bond donors (Lipinski definition) is 1. The molecule has 0 atom stereocenters. The highest BCUT2D eigenvalue weighted by molar-refractivity contribution is 6.04. The molecule has 0 aliphatic rings. The normalized spacial score (nSPS) is 11.3. The molecule has 0 saturated heterocycles. The molecule has 0 aliphatic carbocycles. The van der Waals surface area contributed by atoms with E-state index in [1.165, 1.54) is 0 Å². The molecule has 0 spiro atoms. The van der Waals surface area contributed by atoms with Gasteiger partial charge in [0, 0.05) is 6.07 Å². The van der Waals surface area contributed by atoms with Crippen molar-refractivity contribution in [3.8, 4) is 22.9 Å². The molecule has 0 aliphatic heterocycles. The van der Waals surface area contributed by atoms with Gasteiger partial charge in [0.2, 0.25) is 0 Å². The Balaban J connectivity index is 1.60. The molecule has 4 rings (SSSR count). The van der Waals surface area contributed by atoms with E-state index in [-0.39, 0.29) is 17.0 Å². The van der Waals surface area contributed by atoms with E-state index in [2.05, 4.69) is 43.3 Å². The smallest absolute Gasteiger partial charge is 0.278 e. The van der Waals surface area contributed by atoms with Crippen LogP contribution >= 0.6 is 0 Å². The Morgan fingerprint density at radius 2 is 1.71 bits per heavy atom. The lowest BCUT2D eigenvalue weighted by atomic mass is 9.87. The van der Waals surface area contributed by atoms with E-state index in [0.29, 0.717) is 47.5 Å². The number of carbonyl (C=O) groups excluding carboxylic acids is 1. The molecule has 1 amide bonds. The zero-order valence-electron chi connectivity index (χ0n) is 25.1. The van der Waals surface area contributed by atoms with Crippen LogP contribution in [0, 0.1) is 13.8 Å². The van der Waals surface area contributed by atoms with Crippen LogP contribution in [0.3, 0.4) is 0 Å². The third kappa shape index (κ3) is 7.06. The van der Waals surface area contributed by atoms with Crippen LogP contribution in [-0.2, 0) is 12.0 Å². The number of amides is 1. The Morgan fingerprint density at radius 3 is 2.39 bits per heavy atom. The number of benzene rings is 3. The van der Waals surface area contributed by atoms with Gasteiger partial charge in [-0.05, 0) is 60.6 Å². The lowest BCUT2D eigenvalue weighted by Crippen LogP contribution is -2.17. The zero-order chi connectivity index (χ0) is 29.6. The fourth-order valence-electron chi connectivity index (χ4n) is 4.37. The number of nitrogens with one attached hydrogen (secondary N) is 1. The summed E-state index contributed by atoms with van der Waals surface area (Å²) in [6, 6.07) is 19.7. The number of aryl methyl sites for hydroxylation is 1. The predicted octanol–water partition coefficient (Wildman–Crippen LogP) is 7.20. The standard InChI is InChI=1S/C33H40N4O4/c1-8-9-17-40-28-16-15-25(33(4,5)6)19-26(28)34-32(38)31-23(3)37(36-35-31)27-18-22(2)29(20-30(27)39-7)41-21-24-13-11-10-12-14-24/h10-16,18-20H,8-9,17,21H2,1-7H3,(H,34,38). The van der Waals surface area contributed by atoms with Crippen molar-refractivity contribution in [1.29, 1.82) is 0 Å². The SMILES string of the molecule is CCCCOc1ccc(C(C)(C)C)cc1NC(=O)c1nnn(-c2cc(C)c(OCc3ccccc3)cc2OC)c1C. The van der Waals surface area contributed by atoms with Crippen LogP contribution < -0.4 is 19.5 Å². The highest BCUT2D eigenvalue weighted by Gasteiger charge is 2.23. The highest BCUT2D eigenvalue weighted by Crippen LogP contribution is 2.34. The zero-order valence-corrected chi connectivity index (χ0v) is 25.1. The van der Waals surface area contributed by atoms with Gasteiger partial charge in [-0.3, -0.25) is 4.79 Å². The molecule has 0 fully saturated rings. The fraction of sp³-hybridized carbons (Fsp3) is 0.364. The van der Waals surface area contributed by atoms with Gasteiger partial charge in [-0.15, -0.1) is 5.10 Å². The van der Waals surface area contributed by atoms with Crippen LogP contribution in [0.2, 0.25) is 0 Å². The van der Waals surface area contributed by atoms with E-state index in [0.717, 1.165) is 29.5 Å². The van der Waals surface area contributed by atoms with Crippen molar-refractivity contribution in [3.05, 3.63) is 88.7 Å². The third-order valence-electron chi connectivity index (χ3n) is 6.90. The monoisotopic (exact) mass is 556 g/mol. The summed E-state index contributed by atoms with van der Waals surface area (Å²) in [6.45, 7) is 13.3. The fourth-order valence-corrected chi connectivity index (χ4v) is 4.37. The molecular weight excluding hydrogens is 516 g/mol. The molecular formula is C33H40N4O4. The number of hydrogen-bond acceptors (Lipinski definition) is 6. The maximum atomic E-state index is 13.5. The first-order valence-electron chi connectivity index (χ1n) is 14.0. The van der Waals surface area contributed by atoms with Crippen LogP contribution in [0.1, 0.15) is 73.4 Å². The van der Waals surface area contributed by atoms with E-state index in [1.807, 2.05) is 74.5 Å². The molecule has 1 heterocycles. The van der Waals surface area contributed by atoms with Crippen LogP contribution in [0.25, 0.3) is 5.69 Å². The van der Waals surface area contributed by atoms with Gasteiger partial charge >= 0.3 is 0 Å². The van der Waals surface area contributed by atoms with Crippen molar-refractivity contribution in [3.63, 3.8) is 0 Å². The predicted molar refractivity (Wildman–Crippen MR) is 162 cm³/mol. The largest absolute Gasteiger partial charge is 0.494 e. The van der Waals surface area contributed by atoms with Crippen LogP contribution in [0.4, 0.5) is 5.69 Å². The molecule has 0 unspecified atom stereocenters. The number of nitrogens with zero attached hydrogens (tertiary/aromatic N) is 3. The molecule has 0 bridgehead atoms. The van der Waals surface area contributed by atoms with Gasteiger partial charge in [0.05, 0.1) is 25.1 Å². The minimum atomic E-state index is -0.362. The molecule has 0 saturated carbocycles. The van der Waals surface area contributed by atoms with Gasteiger partial charge in [0.25, 0.3) is 5.91 Å². The highest BCUT2D eigenvalue weighted by atomic mass is 16.5. The van der Waals surface area contributed by atoms with Crippen molar-refractivity contribution in [2.45, 2.75) is 66.4 Å². The van der Waals surface area contributed by atoms with Crippen molar-refractivity contribution in [1.82, 2.24) is 15.0 Å². The van der Waals surface area contributed by atoms with Crippen LogP contribution in [-0.4, -0.2) is 34.6 Å². The number of rotatable bonds is 11. The van der Waals surface area contributed by atoms with Gasteiger partial charge in [0.1, 0.15) is 29.5 Å². The number of anilines is 1. The summed E-state index contributed by atoms with van der Waals surface area (Å²) >= 11 is 0. The second kappa shape index (κ2) is 12.9. The van der Waals surface area contributed by atoms with Gasteiger partial charge < -0.3 is 19.5 Å². The molecule has 8 heteroatoms. The second-order valence-corrected chi connectivity index (χ2v) is 11.1. The average molecular weight is 557 g/mol. The Morgan fingerprint density at radius 1 is 0.951 bits per heavy atom. The summed E-state index contributed by atoms with van der Waals surface area (Å²) in [4.78, 5) is 13.5. The molecule has 4 aromatic rings. The topological polar surface area (TPSA) is 87.5 Å². The second-order valence-electron chi connectivity index (χ2n) is 11.1. The maximum absolute atomic E-state index is 13.5. The van der Waals surface area contributed by atoms with Gasteiger partial charge in [-0.1, -0.05) is 75.7 Å². The van der Waals surface area contributed by atoms with Crippen LogP contribution in [0.15, 0.2) is 60.7 Å². The summed E-state index contributed by atoms with van der Waals surface area (Å²) in [5.41, 5.74) is 5.06. The van der Waals surface area contributed by atoms with E-state index < -0.39 is 0 Å². The van der Waals surface area contributed by atoms with Crippen molar-refractivity contribution in [2.75, 3.05) is 19.0 Å². The maximum Gasteiger partial charge on any atom is 0.278 e. The quantitative estimate of drug-likeness (QED) is 0.197. The minimum absolute atomic E-state index is 0.0914. The molecule has 216 valence electrons. The number of aromatic nitrogens is 3. The molecule has 1 aromatic heterocycles. The lowest BCUT2D eigenvalue weighted by molar-refractivity contribution is 0.102. The first-order valence-corrected chi connectivity index (χ1v) is 14.0. The van der Waals surface area contributed by atoms with Crippen molar-refractivity contribution < 1.29 is 19.0 Å². The van der Waals surface area contributed by atoms with Gasteiger partial charge in [-0.2, -0.15) is 0 Å². The number of carbonyl (C=O) groups is 1. The molecule has 1 N–H and O–H groups in total. The van der Waals surface area contributed by atoms with Gasteiger partial charge in [-0.25, -0.2) is 4.68 Å². The number of unbranched alkanes of at least 4 members (excludes halogenated alkanes) is 1. The Hall–Kier alpha value is -4.33. The molecule has 8 nitrogen and oxygen atoms in total. The van der Waals surface area contributed by atoms with E-state index >= 15 is 0 Å². The first-order chi connectivity index (χ1) is 19.6. The van der Waals surface area contributed by atoms with Crippen molar-refractivity contribution in [2.24, 2.45) is 0 Å². The Kier molecular flexibility index (Phi) is 9.32. The summed E-state index contributed by atoms with van der Waals surface area (Å²) in [5.74, 6) is 1.54. The Labute approximate surface area is 242 Å². The van der Waals surface area contributed by atoms with Crippen molar-refractivity contribution >= 4 is 11.6 Å².